The van der Waals surface area contributed by atoms with Gasteiger partial charge in [-0.15, -0.1) is 0 Å². The van der Waals surface area contributed by atoms with Crippen molar-refractivity contribution in [1.29, 1.82) is 0 Å². The van der Waals surface area contributed by atoms with E-state index in [-0.39, 0.29) is 0 Å². The normalized spacial score (nSPS) is 19.1. The van der Waals surface area contributed by atoms with Gasteiger partial charge in [0.05, 0.1) is 17.1 Å². The second-order valence-corrected chi connectivity index (χ2v) is 6.20. The van der Waals surface area contributed by atoms with E-state index in [9.17, 15) is 0 Å². The zero-order valence-corrected chi connectivity index (χ0v) is 13.7. The predicted octanol–water partition coefficient (Wildman–Crippen LogP) is 4.04. The van der Waals surface area contributed by atoms with Crippen LogP contribution in [0.1, 0.15) is 30.2 Å². The summed E-state index contributed by atoms with van der Waals surface area (Å²) in [5, 5.41) is 13.7. The average molecular weight is 316 g/mol. The van der Waals surface area contributed by atoms with Gasteiger partial charge in [0.25, 0.3) is 0 Å². The molecule has 0 saturated heterocycles. The third-order valence-corrected chi connectivity index (χ3v) is 4.34. The van der Waals surface area contributed by atoms with Gasteiger partial charge >= 0.3 is 0 Å². The number of rotatable bonds is 2. The quantitative estimate of drug-likeness (QED) is 0.786. The van der Waals surface area contributed by atoms with E-state index in [1.165, 1.54) is 0 Å². The summed E-state index contributed by atoms with van der Waals surface area (Å²) in [4.78, 5) is 4.99. The Balaban J connectivity index is 2.07. The first-order chi connectivity index (χ1) is 10.6. The monoisotopic (exact) mass is 315 g/mol. The molecule has 0 bridgehead atoms. The summed E-state index contributed by atoms with van der Waals surface area (Å²) < 4.78 is 0. The smallest absolute Gasteiger partial charge is 0.106 e. The maximum Gasteiger partial charge on any atom is 0.106 e. The molecule has 2 aromatic rings. The van der Waals surface area contributed by atoms with E-state index < -0.39 is 0 Å². The minimum atomic E-state index is 0.499. The molecule has 1 heterocycles. The first-order valence-corrected chi connectivity index (χ1v) is 7.69. The second kappa shape index (κ2) is 6.05. The Kier molecular flexibility index (Phi) is 4.12. The molecule has 0 spiro atoms. The van der Waals surface area contributed by atoms with Gasteiger partial charge in [-0.2, -0.15) is 10.2 Å². The predicted molar refractivity (Wildman–Crippen MR) is 88.2 cm³/mol. The van der Waals surface area contributed by atoms with Crippen molar-refractivity contribution in [3.05, 3.63) is 46.1 Å². The van der Waals surface area contributed by atoms with Crippen LogP contribution in [0.2, 0.25) is 5.02 Å². The highest BCUT2D eigenvalue weighted by Crippen LogP contribution is 2.28. The van der Waals surface area contributed by atoms with E-state index >= 15 is 0 Å². The minimum absolute atomic E-state index is 0.499. The second-order valence-electron chi connectivity index (χ2n) is 5.79. The highest BCUT2D eigenvalue weighted by molar-refractivity contribution is 6.31. The first-order valence-electron chi connectivity index (χ1n) is 7.32. The van der Waals surface area contributed by atoms with Gasteiger partial charge in [-0.3, -0.25) is 0 Å². The van der Waals surface area contributed by atoms with Crippen molar-refractivity contribution in [3.8, 4) is 11.3 Å². The van der Waals surface area contributed by atoms with Crippen LogP contribution in [0.25, 0.3) is 11.3 Å². The van der Waals surface area contributed by atoms with Crippen molar-refractivity contribution in [1.82, 2.24) is 10.2 Å². The Hall–Kier alpha value is -1.94. The molecule has 1 aromatic heterocycles. The summed E-state index contributed by atoms with van der Waals surface area (Å²) >= 11 is 6.09. The van der Waals surface area contributed by atoms with Crippen molar-refractivity contribution >= 4 is 17.3 Å². The van der Waals surface area contributed by atoms with Gasteiger partial charge in [-0.05, 0) is 49.4 Å². The molecule has 1 unspecified atom stereocenters. The number of aromatic nitrogens is 2. The van der Waals surface area contributed by atoms with E-state index in [2.05, 4.69) is 28.3 Å². The lowest BCUT2D eigenvalue weighted by Crippen LogP contribution is -2.21. The number of fused-ring (bicyclic) bond motifs is 1. The lowest BCUT2D eigenvalue weighted by atomic mass is 9.86. The van der Waals surface area contributed by atoms with Crippen LogP contribution in [0, 0.1) is 12.8 Å². The summed E-state index contributed by atoms with van der Waals surface area (Å²) in [7, 11) is 1.57. The van der Waals surface area contributed by atoms with Crippen LogP contribution in [0.15, 0.2) is 29.4 Å². The number of aryl methyl sites for hydroxylation is 1. The lowest BCUT2D eigenvalue weighted by Gasteiger charge is -2.21. The fourth-order valence-electron chi connectivity index (χ4n) is 2.80. The van der Waals surface area contributed by atoms with E-state index in [1.54, 1.807) is 7.11 Å². The van der Waals surface area contributed by atoms with Gasteiger partial charge < -0.3 is 4.84 Å². The summed E-state index contributed by atoms with van der Waals surface area (Å²) in [6, 6.07) is 7.93. The topological polar surface area (TPSA) is 47.4 Å². The van der Waals surface area contributed by atoms with Gasteiger partial charge in [0.15, 0.2) is 0 Å². The van der Waals surface area contributed by atoms with Crippen LogP contribution in [0.4, 0.5) is 0 Å². The van der Waals surface area contributed by atoms with E-state index in [4.69, 9.17) is 16.4 Å². The van der Waals surface area contributed by atoms with Crippen LogP contribution < -0.4 is 0 Å². The maximum atomic E-state index is 6.09. The Morgan fingerprint density at radius 2 is 2.05 bits per heavy atom. The summed E-state index contributed by atoms with van der Waals surface area (Å²) in [6.45, 7) is 4.17. The van der Waals surface area contributed by atoms with Crippen molar-refractivity contribution in [3.63, 3.8) is 0 Å². The van der Waals surface area contributed by atoms with Gasteiger partial charge in [-0.25, -0.2) is 0 Å². The van der Waals surface area contributed by atoms with Gasteiger partial charge in [0.2, 0.25) is 0 Å². The van der Waals surface area contributed by atoms with Crippen molar-refractivity contribution in [2.75, 3.05) is 7.11 Å². The van der Waals surface area contributed by atoms with Crippen molar-refractivity contribution in [2.45, 2.75) is 26.7 Å². The van der Waals surface area contributed by atoms with Crippen LogP contribution in [0.3, 0.4) is 0 Å². The average Bonchev–Trinajstić information content (AvgIpc) is 2.50. The van der Waals surface area contributed by atoms with Crippen LogP contribution >= 0.6 is 11.6 Å². The number of hydrogen-bond donors (Lipinski definition) is 0. The fraction of sp³-hybridized carbons (Fsp3) is 0.353. The molecule has 5 heteroatoms. The Morgan fingerprint density at radius 3 is 2.77 bits per heavy atom. The molecule has 1 aromatic carbocycles. The molecule has 0 amide bonds. The van der Waals surface area contributed by atoms with Gasteiger partial charge in [0.1, 0.15) is 7.11 Å². The first kappa shape index (κ1) is 15.0. The highest BCUT2D eigenvalue weighted by atomic mass is 35.5. The highest BCUT2D eigenvalue weighted by Gasteiger charge is 2.24. The Bertz CT molecular complexity index is 743. The van der Waals surface area contributed by atoms with Gasteiger partial charge in [0, 0.05) is 16.1 Å². The van der Waals surface area contributed by atoms with Gasteiger partial charge in [-0.1, -0.05) is 29.7 Å². The minimum Gasteiger partial charge on any atom is -0.399 e. The molecule has 1 atom stereocenters. The zero-order valence-electron chi connectivity index (χ0n) is 12.9. The molecule has 0 saturated carbocycles. The molecule has 1 aliphatic rings. The third kappa shape index (κ3) is 2.83. The van der Waals surface area contributed by atoms with Crippen LogP contribution in [0.5, 0.6) is 0 Å². The van der Waals surface area contributed by atoms with Crippen LogP contribution in [-0.4, -0.2) is 23.0 Å². The molecular weight excluding hydrogens is 298 g/mol. The molecular formula is C17H18ClN3O. The molecule has 0 N–H and O–H groups in total. The molecule has 0 aliphatic heterocycles. The Morgan fingerprint density at radius 1 is 1.23 bits per heavy atom. The van der Waals surface area contributed by atoms with E-state index in [0.29, 0.717) is 5.92 Å². The lowest BCUT2D eigenvalue weighted by molar-refractivity contribution is 0.212. The molecule has 0 fully saturated rings. The number of oxime groups is 1. The molecule has 114 valence electrons. The Labute approximate surface area is 135 Å². The third-order valence-electron chi connectivity index (χ3n) is 3.92. The summed E-state index contributed by atoms with van der Waals surface area (Å²) in [6.07, 6.45) is 1.82. The van der Waals surface area contributed by atoms with E-state index in [0.717, 1.165) is 51.7 Å². The molecule has 0 radical (unpaired) electrons. The fourth-order valence-corrected chi connectivity index (χ4v) is 2.92. The number of halogens is 1. The van der Waals surface area contributed by atoms with Crippen LogP contribution in [-0.2, 0) is 11.3 Å². The van der Waals surface area contributed by atoms with Crippen molar-refractivity contribution < 1.29 is 4.84 Å². The standard InChI is InChI=1S/C17H18ClN3O/c1-10-6-16-13(17(7-10)21-22-3)9-15(19-20-16)12-4-5-14(18)11(2)8-12/h4-5,8-10H,6-7H2,1-3H3/b21-17-. The molecule has 3 rings (SSSR count). The number of benzene rings is 1. The molecule has 1 aliphatic carbocycles. The number of nitrogens with zero attached hydrogens (tertiary/aromatic N) is 3. The molecule has 22 heavy (non-hydrogen) atoms. The molecule has 4 nitrogen and oxygen atoms in total. The number of hydrogen-bond acceptors (Lipinski definition) is 4. The van der Waals surface area contributed by atoms with Crippen molar-refractivity contribution in [2.24, 2.45) is 11.1 Å². The zero-order chi connectivity index (χ0) is 15.7. The maximum absolute atomic E-state index is 6.09. The van der Waals surface area contributed by atoms with E-state index in [1.807, 2.05) is 25.1 Å². The summed E-state index contributed by atoms with van der Waals surface area (Å²) in [5.41, 5.74) is 5.84. The SMILES string of the molecule is CO/N=C1/CC(C)Cc2nnc(-c3ccc(Cl)c(C)c3)cc21. The largest absolute Gasteiger partial charge is 0.399 e. The summed E-state index contributed by atoms with van der Waals surface area (Å²) in [5.74, 6) is 0.499.